The van der Waals surface area contributed by atoms with Gasteiger partial charge in [0.2, 0.25) is 11.8 Å². The summed E-state index contributed by atoms with van der Waals surface area (Å²) in [6.45, 7) is 3.51. The lowest BCUT2D eigenvalue weighted by molar-refractivity contribution is -0.122. The van der Waals surface area contributed by atoms with Crippen LogP contribution in [0.3, 0.4) is 0 Å². The minimum absolute atomic E-state index is 0.146. The lowest BCUT2D eigenvalue weighted by atomic mass is 9.99. The molecular formula is C29H27N5O4S. The number of thioether (sulfide) groups is 1. The van der Waals surface area contributed by atoms with Crippen LogP contribution in [0.25, 0.3) is 0 Å². The molecule has 3 aromatic rings. The van der Waals surface area contributed by atoms with Crippen molar-refractivity contribution in [1.29, 1.82) is 0 Å². The molecule has 10 heteroatoms. The molecule has 6 rings (SSSR count). The van der Waals surface area contributed by atoms with Crippen molar-refractivity contribution in [2.75, 3.05) is 4.90 Å². The third kappa shape index (κ3) is 4.83. The Hall–Kier alpha value is -4.31. The van der Waals surface area contributed by atoms with Crippen molar-refractivity contribution in [2.24, 2.45) is 0 Å². The van der Waals surface area contributed by atoms with Gasteiger partial charge in [0.25, 0.3) is 0 Å². The maximum Gasteiger partial charge on any atom is 0.327 e. The standard InChI is InChI=1S/C29H27N5O4S/c1-2-23(35)31-20-9-6-10-21(20)32-27(36)26-25-24-22(15-16-30-28(24)39-26)34(29(37)33-25)17-11-13-19(14-12-17)38-18-7-4-3-5-8-18/h2-5,7-8,11-16,20-21,25-26H,1,6,9-10H2,(H,31,35)(H,32,36)(H,33,37)/t20-,21+,25?,26?/m1/s1. The average molecular weight is 542 g/mol. The van der Waals surface area contributed by atoms with Gasteiger partial charge < -0.3 is 20.7 Å². The Bertz CT molecular complexity index is 1430. The molecule has 4 atom stereocenters. The van der Waals surface area contributed by atoms with Crippen molar-refractivity contribution in [2.45, 2.75) is 47.7 Å². The molecule has 9 nitrogen and oxygen atoms in total. The Morgan fingerprint density at radius 1 is 1.03 bits per heavy atom. The first kappa shape index (κ1) is 25.0. The van der Waals surface area contributed by atoms with E-state index in [1.165, 1.54) is 17.8 Å². The van der Waals surface area contributed by atoms with Crippen LogP contribution >= 0.6 is 11.8 Å². The van der Waals surface area contributed by atoms with Crippen LogP contribution in [0, 0.1) is 0 Å². The first-order chi connectivity index (χ1) is 19.0. The number of hydrogen-bond donors (Lipinski definition) is 3. The number of ether oxygens (including phenoxy) is 1. The molecule has 4 amide bonds. The summed E-state index contributed by atoms with van der Waals surface area (Å²) in [4.78, 5) is 44.8. The molecule has 3 heterocycles. The Kier molecular flexibility index (Phi) is 6.70. The first-order valence-electron chi connectivity index (χ1n) is 12.8. The van der Waals surface area contributed by atoms with Crippen LogP contribution in [-0.2, 0) is 9.59 Å². The van der Waals surface area contributed by atoms with Gasteiger partial charge in [-0.25, -0.2) is 9.78 Å². The van der Waals surface area contributed by atoms with Crippen LogP contribution in [0.1, 0.15) is 30.9 Å². The highest BCUT2D eigenvalue weighted by Gasteiger charge is 2.47. The number of hydrogen-bond acceptors (Lipinski definition) is 6. The van der Waals surface area contributed by atoms with Crippen LogP contribution in [0.5, 0.6) is 11.5 Å². The smallest absolute Gasteiger partial charge is 0.327 e. The molecule has 0 saturated heterocycles. The summed E-state index contributed by atoms with van der Waals surface area (Å²) >= 11 is 1.35. The van der Waals surface area contributed by atoms with Crippen molar-refractivity contribution in [3.63, 3.8) is 0 Å². The summed E-state index contributed by atoms with van der Waals surface area (Å²) in [6.07, 6.45) is 5.37. The number of para-hydroxylation sites is 1. The third-order valence-electron chi connectivity index (χ3n) is 7.19. The summed E-state index contributed by atoms with van der Waals surface area (Å²) in [7, 11) is 0. The van der Waals surface area contributed by atoms with Gasteiger partial charge in [-0.2, -0.15) is 0 Å². The number of carbonyl (C=O) groups is 3. The highest BCUT2D eigenvalue weighted by atomic mass is 32.2. The fraction of sp³-hybridized carbons (Fsp3) is 0.241. The molecular weight excluding hydrogens is 514 g/mol. The van der Waals surface area contributed by atoms with Crippen LogP contribution in [-0.4, -0.2) is 40.2 Å². The molecule has 3 aliphatic rings. The third-order valence-corrected chi connectivity index (χ3v) is 8.48. The minimum atomic E-state index is -0.572. The number of anilines is 2. The maximum atomic E-state index is 13.4. The SMILES string of the molecule is C=CC(=O)N[C@@H]1CCC[C@@H]1NC(=O)C1Sc2nccc3c2C1NC(=O)N3c1ccc(Oc2ccccc2)cc1. The maximum absolute atomic E-state index is 13.4. The summed E-state index contributed by atoms with van der Waals surface area (Å²) in [5.74, 6) is 0.943. The number of urea groups is 1. The Balaban J connectivity index is 1.21. The molecule has 2 aliphatic heterocycles. The zero-order valence-electron chi connectivity index (χ0n) is 21.0. The van der Waals surface area contributed by atoms with E-state index in [0.717, 1.165) is 35.6 Å². The van der Waals surface area contributed by atoms with Gasteiger partial charge in [-0.05, 0) is 67.8 Å². The number of carbonyl (C=O) groups excluding carboxylic acids is 3. The van der Waals surface area contributed by atoms with Crippen LogP contribution < -0.4 is 25.6 Å². The number of amides is 4. The molecule has 39 heavy (non-hydrogen) atoms. The number of rotatable bonds is 7. The molecule has 0 bridgehead atoms. The van der Waals surface area contributed by atoms with Crippen molar-refractivity contribution in [1.82, 2.24) is 20.9 Å². The number of benzene rings is 2. The average Bonchev–Trinajstić information content (AvgIpc) is 3.54. The number of pyridine rings is 1. The zero-order valence-corrected chi connectivity index (χ0v) is 21.8. The fourth-order valence-electron chi connectivity index (χ4n) is 5.38. The number of nitrogens with zero attached hydrogens (tertiary/aromatic N) is 2. The van der Waals surface area contributed by atoms with Crippen molar-refractivity contribution >= 4 is 41.0 Å². The van der Waals surface area contributed by atoms with E-state index in [1.807, 2.05) is 54.6 Å². The van der Waals surface area contributed by atoms with Gasteiger partial charge in [0, 0.05) is 23.8 Å². The van der Waals surface area contributed by atoms with Crippen LogP contribution in [0.15, 0.2) is 84.5 Å². The summed E-state index contributed by atoms with van der Waals surface area (Å²) in [5.41, 5.74) is 2.20. The Morgan fingerprint density at radius 2 is 1.74 bits per heavy atom. The summed E-state index contributed by atoms with van der Waals surface area (Å²) in [5, 5.41) is 9.20. The van der Waals surface area contributed by atoms with Crippen LogP contribution in [0.2, 0.25) is 0 Å². The molecule has 1 fully saturated rings. The van der Waals surface area contributed by atoms with Gasteiger partial charge in [0.05, 0.1) is 17.4 Å². The van der Waals surface area contributed by atoms with E-state index in [1.54, 1.807) is 17.2 Å². The van der Waals surface area contributed by atoms with Gasteiger partial charge in [-0.15, -0.1) is 0 Å². The predicted molar refractivity (Wildman–Crippen MR) is 148 cm³/mol. The molecule has 2 aromatic carbocycles. The van der Waals surface area contributed by atoms with Crippen LogP contribution in [0.4, 0.5) is 16.2 Å². The van der Waals surface area contributed by atoms with E-state index in [-0.39, 0.29) is 29.9 Å². The van der Waals surface area contributed by atoms with Gasteiger partial charge in [-0.3, -0.25) is 14.5 Å². The minimum Gasteiger partial charge on any atom is -0.457 e. The Morgan fingerprint density at radius 3 is 2.49 bits per heavy atom. The summed E-state index contributed by atoms with van der Waals surface area (Å²) < 4.78 is 5.89. The lowest BCUT2D eigenvalue weighted by Crippen LogP contribution is -2.53. The van der Waals surface area contributed by atoms with E-state index in [4.69, 9.17) is 4.74 Å². The van der Waals surface area contributed by atoms with E-state index in [9.17, 15) is 14.4 Å². The lowest BCUT2D eigenvalue weighted by Gasteiger charge is -2.34. The molecule has 1 aliphatic carbocycles. The van der Waals surface area contributed by atoms with Crippen molar-refractivity contribution in [3.05, 3.63) is 85.1 Å². The number of nitrogens with one attached hydrogen (secondary N) is 3. The first-order valence-corrected chi connectivity index (χ1v) is 13.7. The zero-order chi connectivity index (χ0) is 26.9. The second-order valence-electron chi connectivity index (χ2n) is 9.62. The fourth-order valence-corrected chi connectivity index (χ4v) is 6.62. The molecule has 198 valence electrons. The van der Waals surface area contributed by atoms with Crippen molar-refractivity contribution < 1.29 is 19.1 Å². The Labute approximate surface area is 230 Å². The van der Waals surface area contributed by atoms with Gasteiger partial charge in [0.15, 0.2) is 0 Å². The topological polar surface area (TPSA) is 113 Å². The second-order valence-corrected chi connectivity index (χ2v) is 10.8. The van der Waals surface area contributed by atoms with E-state index in [0.29, 0.717) is 17.1 Å². The highest BCUT2D eigenvalue weighted by molar-refractivity contribution is 8.01. The van der Waals surface area contributed by atoms with E-state index < -0.39 is 11.3 Å². The monoisotopic (exact) mass is 541 g/mol. The summed E-state index contributed by atoms with van der Waals surface area (Å²) in [6, 6.07) is 17.4. The molecule has 0 radical (unpaired) electrons. The normalized spacial score (nSPS) is 23.0. The van der Waals surface area contributed by atoms with E-state index >= 15 is 0 Å². The molecule has 3 N–H and O–H groups in total. The van der Waals surface area contributed by atoms with Gasteiger partial charge in [0.1, 0.15) is 21.8 Å². The molecule has 2 unspecified atom stereocenters. The number of aromatic nitrogens is 1. The quantitative estimate of drug-likeness (QED) is 0.377. The van der Waals surface area contributed by atoms with Crippen molar-refractivity contribution in [3.8, 4) is 11.5 Å². The molecule has 0 spiro atoms. The van der Waals surface area contributed by atoms with Gasteiger partial charge >= 0.3 is 6.03 Å². The molecule has 1 saturated carbocycles. The van der Waals surface area contributed by atoms with Gasteiger partial charge in [-0.1, -0.05) is 36.5 Å². The molecule has 1 aromatic heterocycles. The largest absolute Gasteiger partial charge is 0.457 e. The van der Waals surface area contributed by atoms with E-state index in [2.05, 4.69) is 27.5 Å². The predicted octanol–water partition coefficient (Wildman–Crippen LogP) is 4.59. The second kappa shape index (κ2) is 10.5. The highest BCUT2D eigenvalue weighted by Crippen LogP contribution is 2.50.